The Morgan fingerprint density at radius 2 is 2.12 bits per heavy atom. The van der Waals surface area contributed by atoms with Gasteiger partial charge < -0.3 is 5.11 Å². The standard InChI is InChI=1S/C12H13BrO3S/c1-7(14)12(13)10-6-9(17-2)4-3-8(10)5-11(15)16/h3-4,6,12H,5H2,1-2H3,(H,15,16). The number of carbonyl (C=O) groups excluding carboxylic acids is 1. The largest absolute Gasteiger partial charge is 0.481 e. The minimum absolute atomic E-state index is 0.0325. The third-order valence-electron chi connectivity index (χ3n) is 2.32. The van der Waals surface area contributed by atoms with Gasteiger partial charge >= 0.3 is 5.97 Å². The van der Waals surface area contributed by atoms with Crippen LogP contribution in [-0.4, -0.2) is 23.1 Å². The van der Waals surface area contributed by atoms with Gasteiger partial charge in [0.2, 0.25) is 0 Å². The first-order chi connectivity index (χ1) is 7.95. The van der Waals surface area contributed by atoms with E-state index in [0.717, 1.165) is 10.5 Å². The minimum Gasteiger partial charge on any atom is -0.481 e. The Balaban J connectivity index is 3.20. The first-order valence-corrected chi connectivity index (χ1v) is 7.13. The quantitative estimate of drug-likeness (QED) is 0.670. The van der Waals surface area contributed by atoms with Crippen LogP contribution in [0.4, 0.5) is 0 Å². The normalized spacial score (nSPS) is 12.2. The van der Waals surface area contributed by atoms with Gasteiger partial charge in [-0.3, -0.25) is 9.59 Å². The molecule has 17 heavy (non-hydrogen) atoms. The molecule has 0 saturated carbocycles. The number of ketones is 1. The van der Waals surface area contributed by atoms with E-state index in [-0.39, 0.29) is 12.2 Å². The number of carboxylic acids is 1. The third kappa shape index (κ3) is 3.85. The van der Waals surface area contributed by atoms with Crippen LogP contribution in [-0.2, 0) is 16.0 Å². The van der Waals surface area contributed by atoms with Gasteiger partial charge in [-0.25, -0.2) is 0 Å². The lowest BCUT2D eigenvalue weighted by Gasteiger charge is -2.13. The number of aliphatic carboxylic acids is 1. The second-order valence-electron chi connectivity index (χ2n) is 3.61. The molecule has 0 aromatic heterocycles. The summed E-state index contributed by atoms with van der Waals surface area (Å²) in [7, 11) is 0. The zero-order valence-corrected chi connectivity index (χ0v) is 12.0. The Kier molecular flexibility index (Phi) is 5.21. The first kappa shape index (κ1) is 14.3. The van der Waals surface area contributed by atoms with E-state index in [1.54, 1.807) is 17.8 Å². The molecule has 0 fully saturated rings. The second-order valence-corrected chi connectivity index (χ2v) is 5.40. The number of hydrogen-bond acceptors (Lipinski definition) is 3. The highest BCUT2D eigenvalue weighted by molar-refractivity contribution is 9.09. The fourth-order valence-electron chi connectivity index (χ4n) is 1.48. The van der Waals surface area contributed by atoms with Gasteiger partial charge in [-0.05, 0) is 36.4 Å². The van der Waals surface area contributed by atoms with Crippen molar-refractivity contribution in [1.82, 2.24) is 0 Å². The van der Waals surface area contributed by atoms with Gasteiger partial charge in [0.15, 0.2) is 0 Å². The third-order valence-corrected chi connectivity index (χ3v) is 4.19. The Bertz CT molecular complexity index is 445. The molecule has 0 aliphatic carbocycles. The van der Waals surface area contributed by atoms with E-state index >= 15 is 0 Å². The van der Waals surface area contributed by atoms with E-state index < -0.39 is 10.8 Å². The maximum absolute atomic E-state index is 11.4. The maximum atomic E-state index is 11.4. The highest BCUT2D eigenvalue weighted by Gasteiger charge is 2.18. The molecule has 92 valence electrons. The van der Waals surface area contributed by atoms with Crippen LogP contribution in [0.3, 0.4) is 0 Å². The van der Waals surface area contributed by atoms with Crippen LogP contribution in [0, 0.1) is 0 Å². The van der Waals surface area contributed by atoms with E-state index in [4.69, 9.17) is 5.11 Å². The summed E-state index contributed by atoms with van der Waals surface area (Å²) < 4.78 is 0. The van der Waals surface area contributed by atoms with Crippen LogP contribution in [0.5, 0.6) is 0 Å². The van der Waals surface area contributed by atoms with E-state index in [1.165, 1.54) is 6.92 Å². The minimum atomic E-state index is -0.897. The molecule has 1 rings (SSSR count). The number of carbonyl (C=O) groups is 2. The summed E-state index contributed by atoms with van der Waals surface area (Å²) in [5.41, 5.74) is 1.42. The Hall–Kier alpha value is -0.810. The summed E-state index contributed by atoms with van der Waals surface area (Å²) in [4.78, 5) is 22.7. The molecule has 1 aromatic rings. The maximum Gasteiger partial charge on any atom is 0.307 e. The molecule has 0 amide bonds. The molecule has 0 heterocycles. The fourth-order valence-corrected chi connectivity index (χ4v) is 2.35. The highest BCUT2D eigenvalue weighted by Crippen LogP contribution is 2.30. The molecule has 1 atom stereocenters. The van der Waals surface area contributed by atoms with Gasteiger partial charge in [-0.2, -0.15) is 0 Å². The van der Waals surface area contributed by atoms with Crippen molar-refractivity contribution in [3.05, 3.63) is 29.3 Å². The molecule has 0 saturated heterocycles. The van der Waals surface area contributed by atoms with Crippen molar-refractivity contribution >= 4 is 39.4 Å². The number of carboxylic acid groups (broad SMARTS) is 1. The van der Waals surface area contributed by atoms with Crippen molar-refractivity contribution in [2.75, 3.05) is 6.26 Å². The first-order valence-electron chi connectivity index (χ1n) is 4.98. The predicted molar refractivity (Wildman–Crippen MR) is 71.9 cm³/mol. The van der Waals surface area contributed by atoms with E-state index in [2.05, 4.69) is 15.9 Å². The molecule has 1 unspecified atom stereocenters. The van der Waals surface area contributed by atoms with Crippen molar-refractivity contribution in [1.29, 1.82) is 0 Å². The summed E-state index contributed by atoms with van der Waals surface area (Å²) >= 11 is 4.86. The van der Waals surface area contributed by atoms with Crippen LogP contribution in [0.15, 0.2) is 23.1 Å². The number of Topliss-reactive ketones (excluding diaryl/α,β-unsaturated/α-hetero) is 1. The lowest BCUT2D eigenvalue weighted by atomic mass is 10.0. The van der Waals surface area contributed by atoms with Crippen molar-refractivity contribution in [3.8, 4) is 0 Å². The summed E-state index contributed by atoms with van der Waals surface area (Å²) in [6.45, 7) is 1.48. The zero-order chi connectivity index (χ0) is 13.0. The van der Waals surface area contributed by atoms with Crippen LogP contribution in [0.2, 0.25) is 0 Å². The molecule has 3 nitrogen and oxygen atoms in total. The molecule has 5 heteroatoms. The summed E-state index contributed by atoms with van der Waals surface area (Å²) in [5.74, 6) is -0.929. The zero-order valence-electron chi connectivity index (χ0n) is 9.57. The van der Waals surface area contributed by atoms with Crippen molar-refractivity contribution in [2.45, 2.75) is 23.1 Å². The molecule has 0 aliphatic heterocycles. The summed E-state index contributed by atoms with van der Waals surface area (Å²) in [5, 5.41) is 8.83. The van der Waals surface area contributed by atoms with Crippen molar-refractivity contribution < 1.29 is 14.7 Å². The fraction of sp³-hybridized carbons (Fsp3) is 0.333. The SMILES string of the molecule is CSc1ccc(CC(=O)O)c(C(Br)C(C)=O)c1. The number of rotatable bonds is 5. The number of halogens is 1. The van der Waals surface area contributed by atoms with Crippen LogP contribution >= 0.6 is 27.7 Å². The number of thioether (sulfide) groups is 1. The molecular weight excluding hydrogens is 304 g/mol. The van der Waals surface area contributed by atoms with Gasteiger partial charge in [0.05, 0.1) is 11.2 Å². The highest BCUT2D eigenvalue weighted by atomic mass is 79.9. The number of alkyl halides is 1. The van der Waals surface area contributed by atoms with E-state index in [1.807, 2.05) is 18.4 Å². The van der Waals surface area contributed by atoms with Gasteiger partial charge in [-0.1, -0.05) is 22.0 Å². The molecular formula is C12H13BrO3S. The molecule has 1 aromatic carbocycles. The van der Waals surface area contributed by atoms with Crippen molar-refractivity contribution in [3.63, 3.8) is 0 Å². The Morgan fingerprint density at radius 3 is 2.59 bits per heavy atom. The Morgan fingerprint density at radius 1 is 1.47 bits per heavy atom. The van der Waals surface area contributed by atoms with Crippen LogP contribution in [0.1, 0.15) is 22.9 Å². The van der Waals surface area contributed by atoms with E-state index in [9.17, 15) is 9.59 Å². The molecule has 0 bridgehead atoms. The topological polar surface area (TPSA) is 54.4 Å². The summed E-state index contributed by atoms with van der Waals surface area (Å²) in [6, 6.07) is 5.50. The smallest absolute Gasteiger partial charge is 0.307 e. The molecule has 0 radical (unpaired) electrons. The van der Waals surface area contributed by atoms with Gasteiger partial charge in [-0.15, -0.1) is 11.8 Å². The number of hydrogen-bond donors (Lipinski definition) is 1. The predicted octanol–water partition coefficient (Wildman–Crippen LogP) is 3.06. The average Bonchev–Trinajstić information content (AvgIpc) is 2.27. The lowest BCUT2D eigenvalue weighted by molar-refractivity contribution is -0.136. The van der Waals surface area contributed by atoms with Gasteiger partial charge in [0.25, 0.3) is 0 Å². The van der Waals surface area contributed by atoms with Crippen molar-refractivity contribution in [2.24, 2.45) is 0 Å². The average molecular weight is 317 g/mol. The monoisotopic (exact) mass is 316 g/mol. The number of benzene rings is 1. The van der Waals surface area contributed by atoms with E-state index in [0.29, 0.717) is 5.56 Å². The molecule has 0 aliphatic rings. The second kappa shape index (κ2) is 6.21. The van der Waals surface area contributed by atoms with Crippen LogP contribution in [0.25, 0.3) is 0 Å². The van der Waals surface area contributed by atoms with Gasteiger partial charge in [0, 0.05) is 4.90 Å². The Labute approximate surface area is 113 Å². The summed E-state index contributed by atoms with van der Waals surface area (Å²) in [6.07, 6.45) is 1.87. The molecule has 0 spiro atoms. The van der Waals surface area contributed by atoms with Gasteiger partial charge in [0.1, 0.15) is 5.78 Å². The van der Waals surface area contributed by atoms with Crippen LogP contribution < -0.4 is 0 Å². The lowest BCUT2D eigenvalue weighted by Crippen LogP contribution is -2.08. The molecule has 1 N–H and O–H groups in total.